The number of pyridine rings is 1. The van der Waals surface area contributed by atoms with Gasteiger partial charge >= 0.3 is 0 Å². The number of benzene rings is 1. The SMILES string of the molecule is Cc1ccc2nc(C)c(C(=O)N(CC#N)CC#N)cc2c1. The molecule has 1 heterocycles. The van der Waals surface area contributed by atoms with Gasteiger partial charge in [-0.05, 0) is 32.0 Å². The van der Waals surface area contributed by atoms with Crippen LogP contribution in [0.3, 0.4) is 0 Å². The van der Waals surface area contributed by atoms with Crippen molar-refractivity contribution in [1.82, 2.24) is 9.88 Å². The summed E-state index contributed by atoms with van der Waals surface area (Å²) in [6, 6.07) is 11.4. The summed E-state index contributed by atoms with van der Waals surface area (Å²) in [5.41, 5.74) is 2.93. The molecule has 0 saturated carbocycles. The largest absolute Gasteiger partial charge is 0.312 e. The Morgan fingerprint density at radius 2 is 1.86 bits per heavy atom. The molecule has 1 aromatic heterocycles. The van der Waals surface area contributed by atoms with Crippen molar-refractivity contribution in [3.8, 4) is 12.1 Å². The first-order chi connectivity index (χ1) is 10.1. The molecule has 104 valence electrons. The van der Waals surface area contributed by atoms with E-state index in [2.05, 4.69) is 4.98 Å². The van der Waals surface area contributed by atoms with E-state index in [1.54, 1.807) is 13.0 Å². The van der Waals surface area contributed by atoms with Crippen molar-refractivity contribution in [2.45, 2.75) is 13.8 Å². The van der Waals surface area contributed by atoms with Gasteiger partial charge < -0.3 is 4.90 Å². The molecule has 0 saturated heterocycles. The average Bonchev–Trinajstić information content (AvgIpc) is 2.46. The molecule has 0 bridgehead atoms. The fourth-order valence-corrected chi connectivity index (χ4v) is 2.15. The lowest BCUT2D eigenvalue weighted by Crippen LogP contribution is -2.32. The molecule has 0 aliphatic carbocycles. The maximum Gasteiger partial charge on any atom is 0.257 e. The van der Waals surface area contributed by atoms with E-state index < -0.39 is 0 Å². The Kier molecular flexibility index (Phi) is 4.15. The number of nitriles is 2. The van der Waals surface area contributed by atoms with Crippen LogP contribution >= 0.6 is 0 Å². The molecule has 0 radical (unpaired) electrons. The van der Waals surface area contributed by atoms with Gasteiger partial charge in [0.15, 0.2) is 0 Å². The van der Waals surface area contributed by atoms with Gasteiger partial charge in [0, 0.05) is 5.39 Å². The third-order valence-corrected chi connectivity index (χ3v) is 3.20. The van der Waals surface area contributed by atoms with E-state index in [1.165, 1.54) is 4.90 Å². The van der Waals surface area contributed by atoms with Crippen LogP contribution in [0.2, 0.25) is 0 Å². The second kappa shape index (κ2) is 6.02. The minimum atomic E-state index is -0.341. The van der Waals surface area contributed by atoms with Gasteiger partial charge in [0.05, 0.1) is 28.9 Å². The number of carbonyl (C=O) groups excluding carboxylic acids is 1. The predicted molar refractivity (Wildman–Crippen MR) is 78.3 cm³/mol. The zero-order chi connectivity index (χ0) is 15.4. The van der Waals surface area contributed by atoms with Gasteiger partial charge in [-0.25, -0.2) is 0 Å². The maximum atomic E-state index is 12.5. The summed E-state index contributed by atoms with van der Waals surface area (Å²) in [5, 5.41) is 18.4. The van der Waals surface area contributed by atoms with E-state index in [0.717, 1.165) is 16.5 Å². The van der Waals surface area contributed by atoms with E-state index in [0.29, 0.717) is 11.3 Å². The molecule has 0 spiro atoms. The summed E-state index contributed by atoms with van der Waals surface area (Å²) < 4.78 is 0. The highest BCUT2D eigenvalue weighted by Crippen LogP contribution is 2.19. The molecule has 2 rings (SSSR count). The van der Waals surface area contributed by atoms with Crippen LogP contribution in [-0.4, -0.2) is 28.9 Å². The summed E-state index contributed by atoms with van der Waals surface area (Å²) >= 11 is 0. The van der Waals surface area contributed by atoms with Crippen LogP contribution in [0.5, 0.6) is 0 Å². The Morgan fingerprint density at radius 1 is 1.19 bits per heavy atom. The van der Waals surface area contributed by atoms with Crippen molar-refractivity contribution in [1.29, 1.82) is 10.5 Å². The lowest BCUT2D eigenvalue weighted by atomic mass is 10.1. The Morgan fingerprint density at radius 3 is 2.48 bits per heavy atom. The molecule has 0 aliphatic heterocycles. The van der Waals surface area contributed by atoms with Gasteiger partial charge in [-0.1, -0.05) is 11.6 Å². The molecule has 21 heavy (non-hydrogen) atoms. The van der Waals surface area contributed by atoms with Crippen molar-refractivity contribution in [2.75, 3.05) is 13.1 Å². The fraction of sp³-hybridized carbons (Fsp3) is 0.250. The van der Waals surface area contributed by atoms with Crippen LogP contribution in [-0.2, 0) is 0 Å². The normalized spacial score (nSPS) is 9.90. The summed E-state index contributed by atoms with van der Waals surface area (Å²) in [6.45, 7) is 3.50. The topological polar surface area (TPSA) is 80.8 Å². The number of fused-ring (bicyclic) bond motifs is 1. The molecule has 1 aromatic carbocycles. The molecule has 0 fully saturated rings. The van der Waals surface area contributed by atoms with E-state index in [1.807, 2.05) is 37.3 Å². The number of aryl methyl sites for hydroxylation is 2. The number of hydrogen-bond donors (Lipinski definition) is 0. The van der Waals surface area contributed by atoms with E-state index in [-0.39, 0.29) is 19.0 Å². The minimum Gasteiger partial charge on any atom is -0.312 e. The third kappa shape index (κ3) is 2.98. The molecular formula is C16H14N4O. The van der Waals surface area contributed by atoms with Crippen molar-refractivity contribution >= 4 is 16.8 Å². The molecule has 0 aliphatic rings. The quantitative estimate of drug-likeness (QED) is 0.807. The zero-order valence-corrected chi connectivity index (χ0v) is 11.9. The smallest absolute Gasteiger partial charge is 0.257 e. The average molecular weight is 278 g/mol. The highest BCUT2D eigenvalue weighted by Gasteiger charge is 2.18. The first-order valence-corrected chi connectivity index (χ1v) is 6.48. The fourth-order valence-electron chi connectivity index (χ4n) is 2.15. The Hall–Kier alpha value is -2.92. The Labute approximate surface area is 123 Å². The Bertz CT molecular complexity index is 767. The van der Waals surface area contributed by atoms with Crippen LogP contribution in [0.4, 0.5) is 0 Å². The van der Waals surface area contributed by atoms with Crippen molar-refractivity contribution in [3.05, 3.63) is 41.1 Å². The standard InChI is InChI=1S/C16H14N4O/c1-11-3-4-15-13(9-11)10-14(12(2)19-15)16(21)20(7-5-17)8-6-18/h3-4,9-10H,7-8H2,1-2H3. The van der Waals surface area contributed by atoms with Gasteiger partial charge in [-0.2, -0.15) is 10.5 Å². The Balaban J connectivity index is 2.50. The highest BCUT2D eigenvalue weighted by molar-refractivity contribution is 5.99. The van der Waals surface area contributed by atoms with Gasteiger partial charge in [-0.3, -0.25) is 9.78 Å². The van der Waals surface area contributed by atoms with E-state index >= 15 is 0 Å². The first-order valence-electron chi connectivity index (χ1n) is 6.48. The number of aromatic nitrogens is 1. The number of hydrogen-bond acceptors (Lipinski definition) is 4. The number of rotatable bonds is 3. The van der Waals surface area contributed by atoms with Crippen LogP contribution in [0.1, 0.15) is 21.6 Å². The molecule has 5 nitrogen and oxygen atoms in total. The molecule has 0 N–H and O–H groups in total. The predicted octanol–water partition coefficient (Wildman–Crippen LogP) is 2.34. The molecule has 0 unspecified atom stereocenters. The number of amides is 1. The zero-order valence-electron chi connectivity index (χ0n) is 11.9. The molecule has 5 heteroatoms. The van der Waals surface area contributed by atoms with Crippen LogP contribution in [0.15, 0.2) is 24.3 Å². The number of nitrogens with zero attached hydrogens (tertiary/aromatic N) is 4. The second-order valence-corrected chi connectivity index (χ2v) is 4.79. The van der Waals surface area contributed by atoms with Gasteiger partial charge in [0.2, 0.25) is 0 Å². The van der Waals surface area contributed by atoms with Crippen LogP contribution < -0.4 is 0 Å². The first kappa shape index (κ1) is 14.5. The number of carbonyl (C=O) groups is 1. The lowest BCUT2D eigenvalue weighted by Gasteiger charge is -2.17. The minimum absolute atomic E-state index is 0.113. The van der Waals surface area contributed by atoms with Gasteiger partial charge in [0.1, 0.15) is 13.1 Å². The van der Waals surface area contributed by atoms with E-state index in [4.69, 9.17) is 10.5 Å². The van der Waals surface area contributed by atoms with Crippen molar-refractivity contribution in [2.24, 2.45) is 0 Å². The van der Waals surface area contributed by atoms with Crippen molar-refractivity contribution < 1.29 is 4.79 Å². The van der Waals surface area contributed by atoms with Crippen LogP contribution in [0, 0.1) is 36.5 Å². The third-order valence-electron chi connectivity index (χ3n) is 3.20. The monoisotopic (exact) mass is 278 g/mol. The van der Waals surface area contributed by atoms with Gasteiger partial charge in [-0.15, -0.1) is 0 Å². The summed E-state index contributed by atoms with van der Waals surface area (Å²) in [7, 11) is 0. The van der Waals surface area contributed by atoms with Crippen LogP contribution in [0.25, 0.3) is 10.9 Å². The summed E-state index contributed by atoms with van der Waals surface area (Å²) in [4.78, 5) is 18.1. The molecule has 1 amide bonds. The summed E-state index contributed by atoms with van der Waals surface area (Å²) in [6.07, 6.45) is 0. The van der Waals surface area contributed by atoms with Gasteiger partial charge in [0.25, 0.3) is 5.91 Å². The molecular weight excluding hydrogens is 264 g/mol. The molecule has 2 aromatic rings. The lowest BCUT2D eigenvalue weighted by molar-refractivity contribution is 0.0793. The second-order valence-electron chi connectivity index (χ2n) is 4.79. The maximum absolute atomic E-state index is 12.5. The van der Waals surface area contributed by atoms with E-state index in [9.17, 15) is 4.79 Å². The van der Waals surface area contributed by atoms with Crippen molar-refractivity contribution in [3.63, 3.8) is 0 Å². The summed E-state index contributed by atoms with van der Waals surface area (Å²) in [5.74, 6) is -0.341. The molecule has 0 atom stereocenters. The highest BCUT2D eigenvalue weighted by atomic mass is 16.2.